The molecule has 224 valence electrons. The SMILES string of the molecule is COc1ccc(C=C2C(=O)N(c3ccc(C(=O)O)c([N+](=O)[O-])c3)C(=O)N(c3ccc(C(=O)O)c([N+](=O)[O-])c3)C2=O)cc1OC. The Bertz CT molecular complexity index is 1730. The van der Waals surface area contributed by atoms with Gasteiger partial charge in [-0.2, -0.15) is 0 Å². The average Bonchev–Trinajstić information content (AvgIpc) is 2.98. The molecule has 17 nitrogen and oxygen atoms in total. The molecule has 0 unspecified atom stereocenters. The van der Waals surface area contributed by atoms with Crippen LogP contribution >= 0.6 is 0 Å². The highest BCUT2D eigenvalue weighted by Crippen LogP contribution is 2.35. The Hall–Kier alpha value is -6.65. The van der Waals surface area contributed by atoms with Crippen molar-refractivity contribution in [1.82, 2.24) is 0 Å². The van der Waals surface area contributed by atoms with Crippen LogP contribution in [-0.4, -0.2) is 64.1 Å². The summed E-state index contributed by atoms with van der Waals surface area (Å²) in [6.07, 6.45) is 1.05. The van der Waals surface area contributed by atoms with Gasteiger partial charge in [0.1, 0.15) is 16.7 Å². The van der Waals surface area contributed by atoms with Gasteiger partial charge in [-0.3, -0.25) is 29.8 Å². The van der Waals surface area contributed by atoms with E-state index in [1.54, 1.807) is 0 Å². The van der Waals surface area contributed by atoms with Gasteiger partial charge in [0, 0.05) is 12.1 Å². The molecule has 2 N–H and O–H groups in total. The van der Waals surface area contributed by atoms with Gasteiger partial charge in [-0.25, -0.2) is 24.2 Å². The number of aromatic carboxylic acids is 2. The van der Waals surface area contributed by atoms with Gasteiger partial charge < -0.3 is 19.7 Å². The average molecular weight is 606 g/mol. The number of ether oxygens (including phenoxy) is 2. The summed E-state index contributed by atoms with van der Waals surface area (Å²) in [5, 5.41) is 41.9. The van der Waals surface area contributed by atoms with E-state index in [0.29, 0.717) is 27.7 Å². The number of amides is 4. The Morgan fingerprint density at radius 3 is 1.57 bits per heavy atom. The lowest BCUT2D eigenvalue weighted by atomic mass is 10.0. The molecule has 0 aliphatic carbocycles. The van der Waals surface area contributed by atoms with E-state index in [2.05, 4.69) is 0 Å². The fraction of sp³-hybridized carbons (Fsp3) is 0.0741. The Balaban J connectivity index is 1.97. The van der Waals surface area contributed by atoms with E-state index in [-0.39, 0.29) is 11.3 Å². The van der Waals surface area contributed by atoms with Crippen LogP contribution < -0.4 is 19.3 Å². The van der Waals surface area contributed by atoms with Crippen molar-refractivity contribution >= 4 is 58.6 Å². The molecule has 1 fully saturated rings. The number of carbonyl (C=O) groups excluding carboxylic acids is 3. The first-order valence-corrected chi connectivity index (χ1v) is 12.0. The fourth-order valence-electron chi connectivity index (χ4n) is 4.28. The molecule has 0 spiro atoms. The van der Waals surface area contributed by atoms with Gasteiger partial charge in [-0.1, -0.05) is 6.07 Å². The first-order chi connectivity index (χ1) is 20.8. The van der Waals surface area contributed by atoms with E-state index < -0.39 is 79.1 Å². The number of anilines is 2. The number of urea groups is 1. The molecular formula is C27H18N4O13. The van der Waals surface area contributed by atoms with E-state index in [1.807, 2.05) is 0 Å². The van der Waals surface area contributed by atoms with Crippen LogP contribution in [0.25, 0.3) is 6.08 Å². The second kappa shape index (κ2) is 11.7. The molecule has 4 rings (SSSR count). The van der Waals surface area contributed by atoms with Crippen molar-refractivity contribution in [2.45, 2.75) is 0 Å². The van der Waals surface area contributed by atoms with E-state index in [9.17, 15) is 54.4 Å². The number of hydrogen-bond acceptors (Lipinski definition) is 11. The summed E-state index contributed by atoms with van der Waals surface area (Å²) in [4.78, 5) is 85.9. The molecule has 0 bridgehead atoms. The summed E-state index contributed by atoms with van der Waals surface area (Å²) in [5.74, 6) is -5.40. The second-order valence-corrected chi connectivity index (χ2v) is 8.76. The van der Waals surface area contributed by atoms with Crippen molar-refractivity contribution in [3.05, 3.63) is 97.1 Å². The van der Waals surface area contributed by atoms with Crippen LogP contribution in [0, 0.1) is 20.2 Å². The highest BCUT2D eigenvalue weighted by Gasteiger charge is 2.45. The number of hydrogen-bond donors (Lipinski definition) is 2. The summed E-state index contributed by atoms with van der Waals surface area (Å²) in [6, 6.07) is 7.49. The molecule has 44 heavy (non-hydrogen) atoms. The number of carboxylic acids is 2. The Labute approximate surface area is 245 Å². The molecule has 3 aromatic rings. The van der Waals surface area contributed by atoms with Crippen molar-refractivity contribution in [2.75, 3.05) is 24.0 Å². The van der Waals surface area contributed by atoms with E-state index in [0.717, 1.165) is 30.3 Å². The van der Waals surface area contributed by atoms with Crippen LogP contribution in [0.1, 0.15) is 26.3 Å². The molecule has 1 saturated heterocycles. The van der Waals surface area contributed by atoms with Crippen LogP contribution in [0.4, 0.5) is 27.5 Å². The van der Waals surface area contributed by atoms with Gasteiger partial charge in [0.25, 0.3) is 23.2 Å². The van der Waals surface area contributed by atoms with Crippen molar-refractivity contribution in [3.63, 3.8) is 0 Å². The Morgan fingerprint density at radius 1 is 0.727 bits per heavy atom. The molecule has 0 atom stereocenters. The van der Waals surface area contributed by atoms with Crippen molar-refractivity contribution in [2.24, 2.45) is 0 Å². The predicted octanol–water partition coefficient (Wildman–Crippen LogP) is 3.50. The number of carboxylic acid groups (broad SMARTS) is 2. The zero-order valence-electron chi connectivity index (χ0n) is 22.4. The Kier molecular flexibility index (Phi) is 8.05. The molecule has 1 aliphatic heterocycles. The minimum Gasteiger partial charge on any atom is -0.493 e. The maximum atomic E-state index is 13.7. The maximum absolute atomic E-state index is 13.7. The molecule has 0 saturated carbocycles. The largest absolute Gasteiger partial charge is 0.493 e. The lowest BCUT2D eigenvalue weighted by molar-refractivity contribution is -0.385. The summed E-state index contributed by atoms with van der Waals surface area (Å²) < 4.78 is 10.4. The zero-order chi connectivity index (χ0) is 32.5. The smallest absolute Gasteiger partial charge is 0.343 e. The van der Waals surface area contributed by atoms with Crippen molar-refractivity contribution in [1.29, 1.82) is 0 Å². The standard InChI is InChI=1S/C27H18N4O13/c1-43-21-8-3-13(10-22(21)44-2)9-18-23(32)28(14-4-6-16(25(34)35)19(11-14)30(39)40)27(38)29(24(18)33)15-5-7-17(26(36)37)20(12-15)31(41)42/h3-12H,1-2H3,(H,34,35)(H,36,37). The molecule has 1 aliphatic rings. The number of nitro benzene ring substituents is 2. The third kappa shape index (κ3) is 5.34. The zero-order valence-corrected chi connectivity index (χ0v) is 22.4. The van der Waals surface area contributed by atoms with E-state index >= 15 is 0 Å². The van der Waals surface area contributed by atoms with Crippen LogP contribution in [0.3, 0.4) is 0 Å². The number of rotatable bonds is 9. The van der Waals surface area contributed by atoms with Crippen LogP contribution in [0.15, 0.2) is 60.2 Å². The molecule has 17 heteroatoms. The molecule has 0 aromatic heterocycles. The number of nitro groups is 2. The minimum atomic E-state index is -1.67. The molecule has 4 amide bonds. The van der Waals surface area contributed by atoms with Gasteiger partial charge in [0.2, 0.25) is 0 Å². The predicted molar refractivity (Wildman–Crippen MR) is 148 cm³/mol. The van der Waals surface area contributed by atoms with E-state index in [1.165, 1.54) is 32.4 Å². The second-order valence-electron chi connectivity index (χ2n) is 8.76. The molecule has 3 aromatic carbocycles. The van der Waals surface area contributed by atoms with Crippen molar-refractivity contribution < 1.29 is 53.5 Å². The van der Waals surface area contributed by atoms with Gasteiger partial charge in [0.05, 0.1) is 35.4 Å². The summed E-state index contributed by atoms with van der Waals surface area (Å²) >= 11 is 0. The van der Waals surface area contributed by atoms with Gasteiger partial charge in [0.15, 0.2) is 11.5 Å². The van der Waals surface area contributed by atoms with E-state index in [4.69, 9.17) is 9.47 Å². The normalized spacial score (nSPS) is 13.0. The van der Waals surface area contributed by atoms with Crippen molar-refractivity contribution in [3.8, 4) is 11.5 Å². The highest BCUT2D eigenvalue weighted by atomic mass is 16.6. The number of benzene rings is 3. The lowest BCUT2D eigenvalue weighted by Gasteiger charge is -2.33. The summed E-state index contributed by atoms with van der Waals surface area (Å²) in [7, 11) is 2.70. The maximum Gasteiger partial charge on any atom is 0.343 e. The van der Waals surface area contributed by atoms with Gasteiger partial charge in [-0.05, 0) is 48.0 Å². The number of methoxy groups -OCH3 is 2. The first-order valence-electron chi connectivity index (χ1n) is 12.0. The van der Waals surface area contributed by atoms with Crippen LogP contribution in [0.2, 0.25) is 0 Å². The number of carbonyl (C=O) groups is 5. The van der Waals surface area contributed by atoms with Gasteiger partial charge in [-0.15, -0.1) is 0 Å². The quantitative estimate of drug-likeness (QED) is 0.154. The first kappa shape index (κ1) is 30.3. The minimum absolute atomic E-state index is 0.188. The third-order valence-corrected chi connectivity index (χ3v) is 6.30. The molecular weight excluding hydrogens is 588 g/mol. The monoisotopic (exact) mass is 606 g/mol. The molecule has 1 heterocycles. The molecule has 0 radical (unpaired) electrons. The summed E-state index contributed by atoms with van der Waals surface area (Å²) in [6.45, 7) is 0. The summed E-state index contributed by atoms with van der Waals surface area (Å²) in [5.41, 5.74) is -5.01. The lowest BCUT2D eigenvalue weighted by Crippen LogP contribution is -2.57. The van der Waals surface area contributed by atoms with Crippen LogP contribution in [0.5, 0.6) is 11.5 Å². The number of nitrogens with zero attached hydrogens (tertiary/aromatic N) is 4. The fourth-order valence-corrected chi connectivity index (χ4v) is 4.28. The Morgan fingerprint density at radius 2 is 1.18 bits per heavy atom. The topological polar surface area (TPSA) is 237 Å². The number of imide groups is 2. The number of barbiturate groups is 1. The highest BCUT2D eigenvalue weighted by molar-refractivity contribution is 6.46. The van der Waals surface area contributed by atoms with Crippen LogP contribution in [-0.2, 0) is 9.59 Å². The van der Waals surface area contributed by atoms with Gasteiger partial charge >= 0.3 is 18.0 Å². The third-order valence-electron chi connectivity index (χ3n) is 6.30.